The van der Waals surface area contributed by atoms with Crippen LogP contribution in [0.2, 0.25) is 0 Å². The minimum atomic E-state index is -0.680. The summed E-state index contributed by atoms with van der Waals surface area (Å²) in [6.45, 7) is 0. The zero-order valence-corrected chi connectivity index (χ0v) is 12.8. The molecule has 0 spiro atoms. The van der Waals surface area contributed by atoms with Gasteiger partial charge in [0, 0.05) is 29.8 Å². The topological polar surface area (TPSA) is 113 Å². The molecular formula is C17H12N2O6. The Bertz CT molecular complexity index is 856. The molecule has 0 atom stereocenters. The van der Waals surface area contributed by atoms with Crippen molar-refractivity contribution in [2.75, 3.05) is 0 Å². The largest absolute Gasteiger partial charge is 0.423 e. The summed E-state index contributed by atoms with van der Waals surface area (Å²) < 4.78 is 5.15. The minimum absolute atomic E-state index is 0.0498. The molecule has 8 heteroatoms. The maximum Gasteiger partial charge on any atom is 0.336 e. The van der Waals surface area contributed by atoms with E-state index in [-0.39, 0.29) is 11.4 Å². The van der Waals surface area contributed by atoms with Gasteiger partial charge >= 0.3 is 5.97 Å². The fourth-order valence-electron chi connectivity index (χ4n) is 1.87. The maximum atomic E-state index is 11.9. The van der Waals surface area contributed by atoms with Gasteiger partial charge in [-0.2, -0.15) is 0 Å². The first-order valence-electron chi connectivity index (χ1n) is 7.01. The fraction of sp³-hybridized carbons (Fsp3) is 0. The van der Waals surface area contributed by atoms with Gasteiger partial charge in [0.2, 0.25) is 6.20 Å². The van der Waals surface area contributed by atoms with Crippen molar-refractivity contribution in [3.8, 4) is 5.75 Å². The van der Waals surface area contributed by atoms with E-state index < -0.39 is 15.8 Å². The SMILES string of the molecule is O=C(/C=C/c1ccc([N+](=O)[O-])cc1)Oc1ccccc1/C=C/[N+](=O)[O-]. The van der Waals surface area contributed by atoms with Gasteiger partial charge in [0.15, 0.2) is 0 Å². The third-order valence-corrected chi connectivity index (χ3v) is 3.02. The van der Waals surface area contributed by atoms with Crippen LogP contribution in [0.25, 0.3) is 12.2 Å². The summed E-state index contributed by atoms with van der Waals surface area (Å²) >= 11 is 0. The van der Waals surface area contributed by atoms with Crippen LogP contribution in [0.3, 0.4) is 0 Å². The summed E-state index contributed by atoms with van der Waals surface area (Å²) in [5.74, 6) is -0.501. The molecule has 2 aromatic rings. The number of hydrogen-bond donors (Lipinski definition) is 0. The number of hydrogen-bond acceptors (Lipinski definition) is 6. The molecule has 0 saturated heterocycles. The molecule has 0 heterocycles. The Morgan fingerprint density at radius 3 is 2.28 bits per heavy atom. The molecule has 25 heavy (non-hydrogen) atoms. The van der Waals surface area contributed by atoms with Gasteiger partial charge in [-0.15, -0.1) is 0 Å². The molecule has 2 aromatic carbocycles. The molecule has 0 aliphatic rings. The molecule has 0 unspecified atom stereocenters. The number of rotatable bonds is 6. The van der Waals surface area contributed by atoms with E-state index in [2.05, 4.69) is 0 Å². The average molecular weight is 340 g/mol. The van der Waals surface area contributed by atoms with E-state index in [4.69, 9.17) is 4.74 Å². The van der Waals surface area contributed by atoms with Crippen molar-refractivity contribution in [1.82, 2.24) is 0 Å². The molecular weight excluding hydrogens is 328 g/mol. The van der Waals surface area contributed by atoms with E-state index in [1.807, 2.05) is 0 Å². The summed E-state index contributed by atoms with van der Waals surface area (Å²) in [5.41, 5.74) is 0.923. The zero-order chi connectivity index (χ0) is 18.2. The second-order valence-corrected chi connectivity index (χ2v) is 4.74. The fourth-order valence-corrected chi connectivity index (χ4v) is 1.87. The average Bonchev–Trinajstić information content (AvgIpc) is 2.59. The molecule has 0 fully saturated rings. The van der Waals surface area contributed by atoms with E-state index in [1.165, 1.54) is 42.5 Å². The molecule has 0 radical (unpaired) electrons. The molecule has 0 saturated carbocycles. The first-order valence-corrected chi connectivity index (χ1v) is 7.01. The van der Waals surface area contributed by atoms with Gasteiger partial charge in [0.1, 0.15) is 5.75 Å². The van der Waals surface area contributed by atoms with Crippen LogP contribution in [0.5, 0.6) is 5.75 Å². The van der Waals surface area contributed by atoms with Crippen LogP contribution in [0.1, 0.15) is 11.1 Å². The number of carbonyl (C=O) groups is 1. The third-order valence-electron chi connectivity index (χ3n) is 3.02. The predicted molar refractivity (Wildman–Crippen MR) is 90.2 cm³/mol. The van der Waals surface area contributed by atoms with E-state index >= 15 is 0 Å². The Balaban J connectivity index is 2.07. The summed E-state index contributed by atoms with van der Waals surface area (Å²) in [6, 6.07) is 12.0. The maximum absolute atomic E-state index is 11.9. The number of para-hydroxylation sites is 1. The number of carbonyl (C=O) groups excluding carboxylic acids is 1. The van der Waals surface area contributed by atoms with Crippen LogP contribution >= 0.6 is 0 Å². The van der Waals surface area contributed by atoms with Gasteiger partial charge in [-0.05, 0) is 29.8 Å². The number of non-ortho nitro benzene ring substituents is 1. The molecule has 0 aliphatic heterocycles. The Labute approximate surface area is 142 Å². The number of nitro benzene ring substituents is 1. The van der Waals surface area contributed by atoms with Crippen LogP contribution < -0.4 is 4.74 Å². The van der Waals surface area contributed by atoms with Gasteiger partial charge in [-0.3, -0.25) is 20.2 Å². The highest BCUT2D eigenvalue weighted by molar-refractivity contribution is 5.89. The monoisotopic (exact) mass is 340 g/mol. The number of nitro groups is 2. The summed E-state index contributed by atoms with van der Waals surface area (Å²) in [7, 11) is 0. The van der Waals surface area contributed by atoms with Gasteiger partial charge < -0.3 is 4.74 Å². The molecule has 0 aliphatic carbocycles. The van der Waals surface area contributed by atoms with Gasteiger partial charge in [-0.1, -0.05) is 18.2 Å². The molecule has 0 bridgehead atoms. The quantitative estimate of drug-likeness (QED) is 0.262. The highest BCUT2D eigenvalue weighted by Crippen LogP contribution is 2.20. The summed E-state index contributed by atoms with van der Waals surface area (Å²) in [5, 5.41) is 21.0. The van der Waals surface area contributed by atoms with Crippen molar-refractivity contribution in [3.05, 3.63) is 92.2 Å². The molecule has 0 amide bonds. The number of nitrogens with zero attached hydrogens (tertiary/aromatic N) is 2. The number of ether oxygens (including phenoxy) is 1. The molecule has 8 nitrogen and oxygen atoms in total. The first kappa shape index (κ1) is 17.5. The van der Waals surface area contributed by atoms with E-state index in [0.29, 0.717) is 11.1 Å². The van der Waals surface area contributed by atoms with Crippen molar-refractivity contribution < 1.29 is 19.4 Å². The Kier molecular flexibility index (Phi) is 5.72. The van der Waals surface area contributed by atoms with E-state index in [1.54, 1.807) is 18.2 Å². The van der Waals surface area contributed by atoms with E-state index in [0.717, 1.165) is 12.3 Å². The minimum Gasteiger partial charge on any atom is -0.423 e. The Hall–Kier alpha value is -3.81. The Morgan fingerprint density at radius 2 is 1.64 bits per heavy atom. The van der Waals surface area contributed by atoms with Crippen molar-refractivity contribution in [3.63, 3.8) is 0 Å². The van der Waals surface area contributed by atoms with Crippen molar-refractivity contribution in [2.24, 2.45) is 0 Å². The van der Waals surface area contributed by atoms with Crippen LogP contribution in [0.4, 0.5) is 5.69 Å². The summed E-state index contributed by atoms with van der Waals surface area (Å²) in [4.78, 5) is 31.7. The standard InChI is InChI=1S/C17H12N2O6/c20-17(10-7-13-5-8-15(9-6-13)19(23)24)25-16-4-2-1-3-14(16)11-12-18(21)22/h1-12H/b10-7+,12-11+. The first-order chi connectivity index (χ1) is 12.0. The van der Waals surface area contributed by atoms with Crippen molar-refractivity contribution >= 4 is 23.8 Å². The number of benzene rings is 2. The van der Waals surface area contributed by atoms with Crippen molar-refractivity contribution in [2.45, 2.75) is 0 Å². The lowest BCUT2D eigenvalue weighted by atomic mass is 10.2. The highest BCUT2D eigenvalue weighted by atomic mass is 16.6. The third kappa shape index (κ3) is 5.39. The second kappa shape index (κ2) is 8.16. The molecule has 0 N–H and O–H groups in total. The van der Waals surface area contributed by atoms with Gasteiger partial charge in [0.25, 0.3) is 5.69 Å². The normalized spacial score (nSPS) is 10.9. The smallest absolute Gasteiger partial charge is 0.336 e. The molecule has 0 aromatic heterocycles. The second-order valence-electron chi connectivity index (χ2n) is 4.74. The summed E-state index contributed by atoms with van der Waals surface area (Å²) in [6.07, 6.45) is 4.58. The van der Waals surface area contributed by atoms with Crippen LogP contribution in [-0.4, -0.2) is 15.8 Å². The Morgan fingerprint density at radius 1 is 0.960 bits per heavy atom. The lowest BCUT2D eigenvalue weighted by Crippen LogP contribution is -2.04. The van der Waals surface area contributed by atoms with Gasteiger partial charge in [-0.25, -0.2) is 4.79 Å². The number of esters is 1. The predicted octanol–water partition coefficient (Wildman–Crippen LogP) is 3.46. The van der Waals surface area contributed by atoms with E-state index in [9.17, 15) is 25.0 Å². The van der Waals surface area contributed by atoms with Crippen molar-refractivity contribution in [1.29, 1.82) is 0 Å². The molecule has 2 rings (SSSR count). The highest BCUT2D eigenvalue weighted by Gasteiger charge is 2.06. The van der Waals surface area contributed by atoms with Gasteiger partial charge in [0.05, 0.1) is 9.85 Å². The lowest BCUT2D eigenvalue weighted by molar-refractivity contribution is -0.400. The molecule has 126 valence electrons. The van der Waals surface area contributed by atoms with Crippen LogP contribution in [0.15, 0.2) is 60.8 Å². The van der Waals surface area contributed by atoms with Crippen LogP contribution in [-0.2, 0) is 4.79 Å². The lowest BCUT2D eigenvalue weighted by Gasteiger charge is -2.04. The van der Waals surface area contributed by atoms with Crippen LogP contribution in [0, 0.1) is 20.2 Å². The zero-order valence-electron chi connectivity index (χ0n) is 12.8.